The van der Waals surface area contributed by atoms with Crippen LogP contribution in [-0.4, -0.2) is 42.2 Å². The Balaban J connectivity index is 2.18. The Morgan fingerprint density at radius 2 is 2.41 bits per heavy atom. The fourth-order valence-corrected chi connectivity index (χ4v) is 2.21. The van der Waals surface area contributed by atoms with Crippen molar-refractivity contribution in [3.05, 3.63) is 29.8 Å². The molecule has 1 unspecified atom stereocenters. The summed E-state index contributed by atoms with van der Waals surface area (Å²) >= 11 is 0. The molecular formula is C13H17NO3. The van der Waals surface area contributed by atoms with Gasteiger partial charge in [0.05, 0.1) is 19.8 Å². The molecule has 1 aromatic carbocycles. The lowest BCUT2D eigenvalue weighted by Crippen LogP contribution is -2.37. The van der Waals surface area contributed by atoms with Crippen LogP contribution in [0.4, 0.5) is 0 Å². The first-order valence-electron chi connectivity index (χ1n) is 5.82. The summed E-state index contributed by atoms with van der Waals surface area (Å²) in [7, 11) is 1.58. The maximum absolute atomic E-state index is 12.2. The fraction of sp³-hybridized carbons (Fsp3) is 0.462. The number of hydrogen-bond acceptors (Lipinski definition) is 3. The third-order valence-electron chi connectivity index (χ3n) is 3.17. The van der Waals surface area contributed by atoms with Crippen molar-refractivity contribution in [1.82, 2.24) is 4.90 Å². The predicted octanol–water partition coefficient (Wildman–Crippen LogP) is 1.29. The summed E-state index contributed by atoms with van der Waals surface area (Å²) in [6, 6.07) is 7.08. The highest BCUT2D eigenvalue weighted by atomic mass is 16.5. The first kappa shape index (κ1) is 11.9. The number of hydrogen-bond donors (Lipinski definition) is 1. The lowest BCUT2D eigenvalue weighted by Gasteiger charge is -2.23. The van der Waals surface area contributed by atoms with E-state index in [2.05, 4.69) is 0 Å². The minimum Gasteiger partial charge on any atom is -0.497 e. The SMILES string of the molecule is COc1cccc(C(=O)N2CCCC2CO)c1. The topological polar surface area (TPSA) is 49.8 Å². The zero-order valence-corrected chi connectivity index (χ0v) is 9.93. The van der Waals surface area contributed by atoms with Crippen molar-refractivity contribution in [2.24, 2.45) is 0 Å². The highest BCUT2D eigenvalue weighted by Crippen LogP contribution is 2.21. The second kappa shape index (κ2) is 5.19. The summed E-state index contributed by atoms with van der Waals surface area (Å²) in [5.41, 5.74) is 0.615. The zero-order valence-electron chi connectivity index (χ0n) is 9.93. The van der Waals surface area contributed by atoms with Crippen LogP contribution in [0.25, 0.3) is 0 Å². The van der Waals surface area contributed by atoms with Gasteiger partial charge in [-0.15, -0.1) is 0 Å². The largest absolute Gasteiger partial charge is 0.497 e. The number of methoxy groups -OCH3 is 1. The van der Waals surface area contributed by atoms with Crippen molar-refractivity contribution < 1.29 is 14.6 Å². The Kier molecular flexibility index (Phi) is 3.64. The van der Waals surface area contributed by atoms with E-state index in [1.807, 2.05) is 6.07 Å². The van der Waals surface area contributed by atoms with Gasteiger partial charge >= 0.3 is 0 Å². The molecule has 0 saturated carbocycles. The van der Waals surface area contributed by atoms with E-state index in [1.54, 1.807) is 30.2 Å². The van der Waals surface area contributed by atoms with Crippen molar-refractivity contribution in [2.45, 2.75) is 18.9 Å². The van der Waals surface area contributed by atoms with E-state index in [9.17, 15) is 9.90 Å². The Bertz CT molecular complexity index is 405. The molecule has 4 nitrogen and oxygen atoms in total. The van der Waals surface area contributed by atoms with Gasteiger partial charge < -0.3 is 14.7 Å². The molecule has 17 heavy (non-hydrogen) atoms. The molecule has 1 fully saturated rings. The second-order valence-corrected chi connectivity index (χ2v) is 4.21. The summed E-state index contributed by atoms with van der Waals surface area (Å²) in [6.07, 6.45) is 1.84. The zero-order chi connectivity index (χ0) is 12.3. The van der Waals surface area contributed by atoms with Gasteiger partial charge in [-0.05, 0) is 31.0 Å². The number of likely N-dealkylation sites (tertiary alicyclic amines) is 1. The number of amides is 1. The summed E-state index contributed by atoms with van der Waals surface area (Å²) in [5, 5.41) is 9.21. The molecule has 1 saturated heterocycles. The van der Waals surface area contributed by atoms with Crippen LogP contribution in [0.1, 0.15) is 23.2 Å². The molecule has 1 aliphatic heterocycles. The number of aliphatic hydroxyl groups is 1. The van der Waals surface area contributed by atoms with Crippen molar-refractivity contribution in [2.75, 3.05) is 20.3 Å². The smallest absolute Gasteiger partial charge is 0.254 e. The van der Waals surface area contributed by atoms with Crippen LogP contribution >= 0.6 is 0 Å². The summed E-state index contributed by atoms with van der Waals surface area (Å²) in [6.45, 7) is 0.761. The molecule has 4 heteroatoms. The molecule has 0 bridgehead atoms. The van der Waals surface area contributed by atoms with E-state index in [4.69, 9.17) is 4.74 Å². The van der Waals surface area contributed by atoms with E-state index in [0.717, 1.165) is 19.4 Å². The van der Waals surface area contributed by atoms with Gasteiger partial charge in [-0.3, -0.25) is 4.79 Å². The molecule has 0 aromatic heterocycles. The maximum atomic E-state index is 12.2. The van der Waals surface area contributed by atoms with Gasteiger partial charge in [0.25, 0.3) is 5.91 Å². The van der Waals surface area contributed by atoms with Gasteiger partial charge in [0.15, 0.2) is 0 Å². The van der Waals surface area contributed by atoms with Crippen molar-refractivity contribution in [3.63, 3.8) is 0 Å². The van der Waals surface area contributed by atoms with Crippen molar-refractivity contribution in [1.29, 1.82) is 0 Å². The third kappa shape index (κ3) is 2.42. The maximum Gasteiger partial charge on any atom is 0.254 e. The number of aliphatic hydroxyl groups excluding tert-OH is 1. The molecule has 0 aliphatic carbocycles. The van der Waals surface area contributed by atoms with E-state index in [-0.39, 0.29) is 18.6 Å². The molecule has 0 radical (unpaired) electrons. The van der Waals surface area contributed by atoms with Gasteiger partial charge in [-0.2, -0.15) is 0 Å². The molecule has 0 spiro atoms. The van der Waals surface area contributed by atoms with E-state index in [1.165, 1.54) is 0 Å². The van der Waals surface area contributed by atoms with Gasteiger partial charge in [0, 0.05) is 12.1 Å². The van der Waals surface area contributed by atoms with Crippen molar-refractivity contribution >= 4 is 5.91 Å². The molecule has 1 aliphatic rings. The van der Waals surface area contributed by atoms with E-state index >= 15 is 0 Å². The molecule has 1 aromatic rings. The fourth-order valence-electron chi connectivity index (χ4n) is 2.21. The first-order chi connectivity index (χ1) is 8.26. The van der Waals surface area contributed by atoms with Crippen LogP contribution in [0.15, 0.2) is 24.3 Å². The monoisotopic (exact) mass is 235 g/mol. The number of nitrogens with zero attached hydrogens (tertiary/aromatic N) is 1. The molecule has 1 amide bonds. The lowest BCUT2D eigenvalue weighted by atomic mass is 10.1. The van der Waals surface area contributed by atoms with Crippen molar-refractivity contribution in [3.8, 4) is 5.75 Å². The minimum atomic E-state index is -0.0336. The number of carbonyl (C=O) groups excluding carboxylic acids is 1. The molecule has 1 atom stereocenters. The molecule has 92 valence electrons. The van der Waals surface area contributed by atoms with Gasteiger partial charge in [-0.25, -0.2) is 0 Å². The predicted molar refractivity (Wildman–Crippen MR) is 64.1 cm³/mol. The minimum absolute atomic E-state index is 0.0274. The Hall–Kier alpha value is -1.55. The van der Waals surface area contributed by atoms with Crippen LogP contribution in [0.2, 0.25) is 0 Å². The Morgan fingerprint density at radius 1 is 1.59 bits per heavy atom. The summed E-state index contributed by atoms with van der Waals surface area (Å²) in [4.78, 5) is 14.0. The van der Waals surface area contributed by atoms with Gasteiger partial charge in [0.2, 0.25) is 0 Å². The van der Waals surface area contributed by atoms with Crippen LogP contribution in [0.3, 0.4) is 0 Å². The summed E-state index contributed by atoms with van der Waals surface area (Å²) in [5.74, 6) is 0.649. The molecule has 2 rings (SSSR count). The number of rotatable bonds is 3. The van der Waals surface area contributed by atoms with Gasteiger partial charge in [-0.1, -0.05) is 6.07 Å². The third-order valence-corrected chi connectivity index (χ3v) is 3.17. The summed E-state index contributed by atoms with van der Waals surface area (Å²) < 4.78 is 5.10. The lowest BCUT2D eigenvalue weighted by molar-refractivity contribution is 0.0677. The highest BCUT2D eigenvalue weighted by Gasteiger charge is 2.28. The Morgan fingerprint density at radius 3 is 3.12 bits per heavy atom. The standard InChI is InChI=1S/C13H17NO3/c1-17-12-6-2-4-10(8-12)13(16)14-7-3-5-11(14)9-15/h2,4,6,8,11,15H,3,5,7,9H2,1H3. The average Bonchev–Trinajstić information content (AvgIpc) is 2.86. The number of benzene rings is 1. The van der Waals surface area contributed by atoms with Gasteiger partial charge in [0.1, 0.15) is 5.75 Å². The molecule has 1 heterocycles. The number of carbonyl (C=O) groups is 1. The van der Waals surface area contributed by atoms with E-state index < -0.39 is 0 Å². The van der Waals surface area contributed by atoms with Crippen LogP contribution in [-0.2, 0) is 0 Å². The number of ether oxygens (including phenoxy) is 1. The first-order valence-corrected chi connectivity index (χ1v) is 5.82. The highest BCUT2D eigenvalue weighted by molar-refractivity contribution is 5.95. The normalized spacial score (nSPS) is 19.4. The van der Waals surface area contributed by atoms with Crippen LogP contribution in [0.5, 0.6) is 5.75 Å². The van der Waals surface area contributed by atoms with E-state index in [0.29, 0.717) is 11.3 Å². The molecular weight excluding hydrogens is 218 g/mol. The van der Waals surface area contributed by atoms with Crippen LogP contribution < -0.4 is 4.74 Å². The average molecular weight is 235 g/mol. The Labute approximate surface area is 101 Å². The quantitative estimate of drug-likeness (QED) is 0.859. The molecule has 1 N–H and O–H groups in total. The second-order valence-electron chi connectivity index (χ2n) is 4.21. The van der Waals surface area contributed by atoms with Crippen LogP contribution in [0, 0.1) is 0 Å².